The molecule has 2 aliphatic rings. The summed E-state index contributed by atoms with van der Waals surface area (Å²) in [5.41, 5.74) is -3.07. The van der Waals surface area contributed by atoms with Crippen LogP contribution in [-0.4, -0.2) is 44.2 Å². The van der Waals surface area contributed by atoms with Gasteiger partial charge < -0.3 is 19.6 Å². The molecule has 6 nitrogen and oxygen atoms in total. The van der Waals surface area contributed by atoms with Crippen molar-refractivity contribution >= 4 is 5.91 Å². The Balaban J connectivity index is 1.89. The maximum absolute atomic E-state index is 15.5. The van der Waals surface area contributed by atoms with Crippen LogP contribution >= 0.6 is 0 Å². The summed E-state index contributed by atoms with van der Waals surface area (Å²) < 4.78 is 35.9. The first-order chi connectivity index (χ1) is 12.8. The lowest BCUT2D eigenvalue weighted by Gasteiger charge is -2.51. The van der Waals surface area contributed by atoms with Crippen molar-refractivity contribution in [1.29, 1.82) is 0 Å². The van der Waals surface area contributed by atoms with E-state index in [9.17, 15) is 9.90 Å². The standard InChI is InChI=1S/C20H30F2N2O4/c1-17(2)10-18(3,4)12-19(27,11-17)20(21,22)16(26)24-7-5-6-15(24)14-8-13(9-25)28-23-14/h8,15,25,27H,5-7,9-12H2,1-4H3/t15-/m0/s1. The van der Waals surface area contributed by atoms with Gasteiger partial charge in [0.2, 0.25) is 0 Å². The van der Waals surface area contributed by atoms with Crippen LogP contribution in [0, 0.1) is 10.8 Å². The Bertz CT molecular complexity index is 728. The number of nitrogens with zero attached hydrogens (tertiary/aromatic N) is 2. The monoisotopic (exact) mass is 400 g/mol. The van der Waals surface area contributed by atoms with Crippen molar-refractivity contribution < 1.29 is 28.3 Å². The molecule has 158 valence electrons. The Morgan fingerprint density at radius 1 is 1.29 bits per heavy atom. The largest absolute Gasteiger partial charge is 0.388 e. The molecule has 1 saturated heterocycles. The predicted molar refractivity (Wildman–Crippen MR) is 97.4 cm³/mol. The van der Waals surface area contributed by atoms with E-state index >= 15 is 8.78 Å². The molecule has 0 radical (unpaired) electrons. The first-order valence-electron chi connectivity index (χ1n) is 9.78. The number of carbonyl (C=O) groups is 1. The second-order valence-electron chi connectivity index (χ2n) is 10.00. The van der Waals surface area contributed by atoms with E-state index in [2.05, 4.69) is 5.16 Å². The third kappa shape index (κ3) is 3.68. The van der Waals surface area contributed by atoms with Gasteiger partial charge in [-0.15, -0.1) is 0 Å². The molecule has 0 spiro atoms. The number of hydrogen-bond acceptors (Lipinski definition) is 5. The maximum atomic E-state index is 15.5. The van der Waals surface area contributed by atoms with Gasteiger partial charge in [-0.05, 0) is 42.9 Å². The maximum Gasteiger partial charge on any atom is 0.352 e. The fraction of sp³-hybridized carbons (Fsp3) is 0.800. The molecule has 3 rings (SSSR count). The molecule has 1 aliphatic carbocycles. The molecule has 1 aromatic rings. The van der Waals surface area contributed by atoms with Crippen LogP contribution in [-0.2, 0) is 11.4 Å². The van der Waals surface area contributed by atoms with Gasteiger partial charge >= 0.3 is 5.92 Å². The van der Waals surface area contributed by atoms with E-state index in [1.165, 1.54) is 6.07 Å². The van der Waals surface area contributed by atoms with E-state index in [4.69, 9.17) is 9.63 Å². The van der Waals surface area contributed by atoms with Crippen LogP contribution in [0.1, 0.15) is 77.3 Å². The van der Waals surface area contributed by atoms with Crippen molar-refractivity contribution in [2.75, 3.05) is 6.54 Å². The number of aliphatic hydroxyl groups is 2. The Hall–Kier alpha value is -1.54. The molecule has 2 fully saturated rings. The molecule has 1 aromatic heterocycles. The third-order valence-corrected chi connectivity index (χ3v) is 5.94. The second kappa shape index (κ2) is 6.76. The average molecular weight is 400 g/mol. The van der Waals surface area contributed by atoms with E-state index < -0.39 is 34.3 Å². The van der Waals surface area contributed by atoms with Gasteiger partial charge in [-0.1, -0.05) is 32.9 Å². The van der Waals surface area contributed by atoms with E-state index in [0.717, 1.165) is 4.90 Å². The molecule has 1 aliphatic heterocycles. The Kier molecular flexibility index (Phi) is 5.11. The number of halogens is 2. The first kappa shape index (κ1) is 21.2. The van der Waals surface area contributed by atoms with Crippen molar-refractivity contribution in [2.24, 2.45) is 10.8 Å². The summed E-state index contributed by atoms with van der Waals surface area (Å²) >= 11 is 0. The van der Waals surface area contributed by atoms with Crippen LogP contribution in [0.15, 0.2) is 10.6 Å². The highest BCUT2D eigenvalue weighted by molar-refractivity contribution is 5.85. The minimum atomic E-state index is -3.91. The summed E-state index contributed by atoms with van der Waals surface area (Å²) in [4.78, 5) is 14.1. The van der Waals surface area contributed by atoms with Crippen LogP contribution in [0.3, 0.4) is 0 Å². The highest BCUT2D eigenvalue weighted by Gasteiger charge is 2.65. The number of amides is 1. The minimum absolute atomic E-state index is 0.140. The number of aromatic nitrogens is 1. The Morgan fingerprint density at radius 2 is 1.89 bits per heavy atom. The molecule has 1 atom stereocenters. The lowest BCUT2D eigenvalue weighted by Crippen LogP contribution is -2.62. The summed E-state index contributed by atoms with van der Waals surface area (Å²) in [5, 5.41) is 24.0. The minimum Gasteiger partial charge on any atom is -0.388 e. The molecule has 0 bridgehead atoms. The second-order valence-corrected chi connectivity index (χ2v) is 10.00. The third-order valence-electron chi connectivity index (χ3n) is 5.94. The molecule has 2 N–H and O–H groups in total. The van der Waals surface area contributed by atoms with Gasteiger partial charge in [-0.3, -0.25) is 4.79 Å². The summed E-state index contributed by atoms with van der Waals surface area (Å²) in [7, 11) is 0. The van der Waals surface area contributed by atoms with Crippen molar-refractivity contribution in [3.8, 4) is 0 Å². The van der Waals surface area contributed by atoms with Gasteiger partial charge in [-0.25, -0.2) is 0 Å². The fourth-order valence-electron chi connectivity index (χ4n) is 5.55. The van der Waals surface area contributed by atoms with Crippen LogP contribution in [0.2, 0.25) is 0 Å². The summed E-state index contributed by atoms with van der Waals surface area (Å²) in [5.74, 6) is -5.05. The number of aliphatic hydroxyl groups excluding tert-OH is 1. The summed E-state index contributed by atoms with van der Waals surface area (Å²) in [6, 6.07) is 0.839. The molecule has 8 heteroatoms. The molecule has 1 saturated carbocycles. The molecule has 0 aromatic carbocycles. The van der Waals surface area contributed by atoms with E-state index in [1.54, 1.807) is 0 Å². The van der Waals surface area contributed by atoms with Crippen molar-refractivity contribution in [3.05, 3.63) is 17.5 Å². The number of likely N-dealkylation sites (tertiary alicyclic amines) is 1. The van der Waals surface area contributed by atoms with Crippen LogP contribution in [0.5, 0.6) is 0 Å². The average Bonchev–Trinajstić information content (AvgIpc) is 3.19. The number of alkyl halides is 2. The summed E-state index contributed by atoms with van der Waals surface area (Å²) in [6.45, 7) is 7.22. The van der Waals surface area contributed by atoms with Crippen molar-refractivity contribution in [3.63, 3.8) is 0 Å². The Labute approximate surface area is 163 Å². The SMILES string of the molecule is CC1(C)CC(C)(C)CC(O)(C(F)(F)C(=O)N2CCC[C@H]2c2cc(CO)on2)C1. The van der Waals surface area contributed by atoms with Crippen LogP contribution < -0.4 is 0 Å². The highest BCUT2D eigenvalue weighted by atomic mass is 19.3. The zero-order valence-corrected chi connectivity index (χ0v) is 17.0. The lowest BCUT2D eigenvalue weighted by atomic mass is 9.58. The number of rotatable bonds is 4. The smallest absolute Gasteiger partial charge is 0.352 e. The molecule has 28 heavy (non-hydrogen) atoms. The van der Waals surface area contributed by atoms with E-state index in [1.807, 2.05) is 27.7 Å². The fourth-order valence-corrected chi connectivity index (χ4v) is 5.55. The molecule has 0 unspecified atom stereocenters. The molecule has 2 heterocycles. The van der Waals surface area contributed by atoms with Gasteiger partial charge in [-0.2, -0.15) is 8.78 Å². The number of carbonyl (C=O) groups excluding carboxylic acids is 1. The van der Waals surface area contributed by atoms with Crippen LogP contribution in [0.25, 0.3) is 0 Å². The zero-order chi connectivity index (χ0) is 21.0. The zero-order valence-electron chi connectivity index (χ0n) is 17.0. The first-order valence-corrected chi connectivity index (χ1v) is 9.78. The van der Waals surface area contributed by atoms with Gasteiger partial charge in [0, 0.05) is 12.6 Å². The Morgan fingerprint density at radius 3 is 2.43 bits per heavy atom. The van der Waals surface area contributed by atoms with Gasteiger partial charge in [0.1, 0.15) is 17.9 Å². The molecular formula is C20H30F2N2O4. The topological polar surface area (TPSA) is 86.8 Å². The highest BCUT2D eigenvalue weighted by Crippen LogP contribution is 2.55. The predicted octanol–water partition coefficient (Wildman–Crippen LogP) is 3.43. The quantitative estimate of drug-likeness (QED) is 0.809. The van der Waals surface area contributed by atoms with Gasteiger partial charge in [0.25, 0.3) is 5.91 Å². The van der Waals surface area contributed by atoms with Gasteiger partial charge in [0.05, 0.1) is 6.04 Å². The van der Waals surface area contributed by atoms with E-state index in [-0.39, 0.29) is 31.8 Å². The number of hydrogen-bond donors (Lipinski definition) is 2. The molecule has 1 amide bonds. The van der Waals surface area contributed by atoms with E-state index in [0.29, 0.717) is 25.0 Å². The van der Waals surface area contributed by atoms with Crippen molar-refractivity contribution in [1.82, 2.24) is 10.1 Å². The molecular weight excluding hydrogens is 370 g/mol. The van der Waals surface area contributed by atoms with Crippen LogP contribution in [0.4, 0.5) is 8.78 Å². The normalized spacial score (nSPS) is 26.4. The van der Waals surface area contributed by atoms with Gasteiger partial charge in [0.15, 0.2) is 5.76 Å². The van der Waals surface area contributed by atoms with Crippen molar-refractivity contribution in [2.45, 2.75) is 84.0 Å². The summed E-state index contributed by atoms with van der Waals surface area (Å²) in [6.07, 6.45) is 1.46. The lowest BCUT2D eigenvalue weighted by molar-refractivity contribution is -0.231.